The number of esters is 1. The van der Waals surface area contributed by atoms with Crippen LogP contribution in [0.1, 0.15) is 17.2 Å². The molecule has 0 aliphatic heterocycles. The number of methoxy groups -OCH3 is 1. The van der Waals surface area contributed by atoms with Crippen molar-refractivity contribution in [2.45, 2.75) is 6.10 Å². The molecule has 7 heteroatoms. The number of ether oxygens (including phenoxy) is 2. The molecule has 0 bridgehead atoms. The van der Waals surface area contributed by atoms with Crippen LogP contribution in [0.3, 0.4) is 0 Å². The molecule has 0 spiro atoms. The molecule has 0 N–H and O–H groups in total. The Labute approximate surface area is 176 Å². The maximum atomic E-state index is 12.5. The zero-order valence-electron chi connectivity index (χ0n) is 15.9. The van der Waals surface area contributed by atoms with Gasteiger partial charge in [-0.2, -0.15) is 5.26 Å². The quantitative estimate of drug-likeness (QED) is 0.400. The monoisotopic (exact) mass is 416 g/mol. The summed E-state index contributed by atoms with van der Waals surface area (Å²) in [6.45, 7) is 0. The Morgan fingerprint density at radius 3 is 2.63 bits per heavy atom. The van der Waals surface area contributed by atoms with Gasteiger partial charge in [0.1, 0.15) is 17.4 Å². The molecule has 0 saturated carbocycles. The molecule has 3 aromatic heterocycles. The van der Waals surface area contributed by atoms with Crippen LogP contribution in [0.5, 0.6) is 5.88 Å². The van der Waals surface area contributed by atoms with Gasteiger partial charge < -0.3 is 13.9 Å². The molecular weight excluding hydrogens is 400 g/mol. The Balaban J connectivity index is 1.87. The summed E-state index contributed by atoms with van der Waals surface area (Å²) in [6.07, 6.45) is 0.461. The molecule has 0 amide bonds. The van der Waals surface area contributed by atoms with E-state index in [0.29, 0.717) is 22.6 Å². The molecular formula is C23H16N2O4S. The van der Waals surface area contributed by atoms with Crippen LogP contribution in [-0.4, -0.2) is 18.1 Å². The third-order valence-electron chi connectivity index (χ3n) is 4.41. The normalized spacial score (nSPS) is 11.5. The number of carbonyl (C=O) groups is 1. The van der Waals surface area contributed by atoms with Gasteiger partial charge in [0.05, 0.1) is 23.9 Å². The van der Waals surface area contributed by atoms with Crippen molar-refractivity contribution in [2.75, 3.05) is 7.11 Å². The number of benzene rings is 1. The van der Waals surface area contributed by atoms with Gasteiger partial charge in [-0.05, 0) is 29.6 Å². The summed E-state index contributed by atoms with van der Waals surface area (Å²) in [5.41, 5.74) is 1.92. The van der Waals surface area contributed by atoms with Gasteiger partial charge in [0.2, 0.25) is 12.0 Å². The lowest BCUT2D eigenvalue weighted by Crippen LogP contribution is -2.21. The molecule has 0 aliphatic carbocycles. The molecule has 0 saturated heterocycles. The summed E-state index contributed by atoms with van der Waals surface area (Å²) in [4.78, 5) is 17.9. The van der Waals surface area contributed by atoms with E-state index < -0.39 is 12.1 Å². The molecule has 4 aromatic rings. The van der Waals surface area contributed by atoms with Gasteiger partial charge in [-0.1, -0.05) is 36.4 Å². The second-order valence-corrected chi connectivity index (χ2v) is 7.18. The summed E-state index contributed by atoms with van der Waals surface area (Å²) in [5, 5.41) is 11.8. The standard InChI is InChI=1S/C23H16N2O4S/c1-27-23(26)21(15-7-3-2-4-8-15)29-22-17(14-24)16(19-9-5-11-28-19)13-18(25-22)20-10-6-12-30-20/h2-13,21H,1H3. The van der Waals surface area contributed by atoms with Gasteiger partial charge in [-0.3, -0.25) is 0 Å². The first kappa shape index (κ1) is 19.4. The van der Waals surface area contributed by atoms with Crippen molar-refractivity contribution in [3.8, 4) is 33.8 Å². The molecule has 1 unspecified atom stereocenters. The number of carbonyl (C=O) groups excluding carboxylic acids is 1. The van der Waals surface area contributed by atoms with Crippen LogP contribution < -0.4 is 4.74 Å². The number of hydrogen-bond donors (Lipinski definition) is 0. The highest BCUT2D eigenvalue weighted by molar-refractivity contribution is 7.13. The number of nitriles is 1. The molecule has 1 atom stereocenters. The van der Waals surface area contributed by atoms with Gasteiger partial charge in [-0.15, -0.1) is 11.3 Å². The Morgan fingerprint density at radius 2 is 2.00 bits per heavy atom. The van der Waals surface area contributed by atoms with Crippen molar-refractivity contribution >= 4 is 17.3 Å². The number of pyridine rings is 1. The van der Waals surface area contributed by atoms with Crippen LogP contribution in [0.4, 0.5) is 0 Å². The van der Waals surface area contributed by atoms with Gasteiger partial charge >= 0.3 is 5.97 Å². The number of furan rings is 1. The van der Waals surface area contributed by atoms with Gasteiger partial charge in [0.15, 0.2) is 0 Å². The zero-order chi connectivity index (χ0) is 20.9. The van der Waals surface area contributed by atoms with Gasteiger partial charge in [-0.25, -0.2) is 9.78 Å². The molecule has 3 heterocycles. The Bertz CT molecular complexity index is 1180. The maximum Gasteiger partial charge on any atom is 0.351 e. The Morgan fingerprint density at radius 1 is 1.17 bits per heavy atom. The van der Waals surface area contributed by atoms with E-state index in [0.717, 1.165) is 4.88 Å². The number of hydrogen-bond acceptors (Lipinski definition) is 7. The molecule has 4 rings (SSSR count). The van der Waals surface area contributed by atoms with E-state index in [2.05, 4.69) is 11.1 Å². The summed E-state index contributed by atoms with van der Waals surface area (Å²) < 4.78 is 16.5. The topological polar surface area (TPSA) is 85.3 Å². The van der Waals surface area contributed by atoms with Crippen molar-refractivity contribution in [2.24, 2.45) is 0 Å². The van der Waals surface area contributed by atoms with Crippen molar-refractivity contribution in [1.29, 1.82) is 5.26 Å². The molecule has 6 nitrogen and oxygen atoms in total. The average molecular weight is 416 g/mol. The highest BCUT2D eigenvalue weighted by Crippen LogP contribution is 2.36. The summed E-state index contributed by atoms with van der Waals surface area (Å²) >= 11 is 1.51. The second-order valence-electron chi connectivity index (χ2n) is 6.23. The van der Waals surface area contributed by atoms with Crippen molar-refractivity contribution in [3.05, 3.63) is 83.4 Å². The highest BCUT2D eigenvalue weighted by atomic mass is 32.1. The highest BCUT2D eigenvalue weighted by Gasteiger charge is 2.27. The lowest BCUT2D eigenvalue weighted by atomic mass is 10.1. The van der Waals surface area contributed by atoms with Crippen molar-refractivity contribution in [3.63, 3.8) is 0 Å². The summed E-state index contributed by atoms with van der Waals surface area (Å²) in [6, 6.07) is 20.2. The number of thiophene rings is 1. The first-order chi connectivity index (χ1) is 14.7. The van der Waals surface area contributed by atoms with Crippen LogP contribution in [0.25, 0.3) is 21.9 Å². The number of aromatic nitrogens is 1. The van der Waals surface area contributed by atoms with Gasteiger partial charge in [0.25, 0.3) is 0 Å². The van der Waals surface area contributed by atoms with Gasteiger partial charge in [0, 0.05) is 11.1 Å². The predicted octanol–water partition coefficient (Wildman–Crippen LogP) is 5.23. The fourth-order valence-electron chi connectivity index (χ4n) is 2.99. The summed E-state index contributed by atoms with van der Waals surface area (Å²) in [5.74, 6) is -0.0482. The second kappa shape index (κ2) is 8.64. The van der Waals surface area contributed by atoms with E-state index in [9.17, 15) is 10.1 Å². The SMILES string of the molecule is COC(=O)C(Oc1nc(-c2cccs2)cc(-c2ccco2)c1C#N)c1ccccc1. The third-order valence-corrected chi connectivity index (χ3v) is 5.30. The van der Waals surface area contributed by atoms with Crippen LogP contribution >= 0.6 is 11.3 Å². The van der Waals surface area contributed by atoms with Crippen LogP contribution in [0, 0.1) is 11.3 Å². The Kier molecular flexibility index (Phi) is 5.59. The Hall–Kier alpha value is -3.89. The van der Waals surface area contributed by atoms with E-state index in [-0.39, 0.29) is 11.4 Å². The van der Waals surface area contributed by atoms with Crippen molar-refractivity contribution in [1.82, 2.24) is 4.98 Å². The average Bonchev–Trinajstić information content (AvgIpc) is 3.51. The van der Waals surface area contributed by atoms with E-state index >= 15 is 0 Å². The molecule has 30 heavy (non-hydrogen) atoms. The largest absolute Gasteiger partial charge is 0.466 e. The predicted molar refractivity (Wildman–Crippen MR) is 112 cm³/mol. The minimum Gasteiger partial charge on any atom is -0.466 e. The minimum absolute atomic E-state index is 0.0362. The molecule has 0 aliphatic rings. The fraction of sp³-hybridized carbons (Fsp3) is 0.0870. The minimum atomic E-state index is -1.07. The lowest BCUT2D eigenvalue weighted by molar-refractivity contribution is -0.149. The smallest absolute Gasteiger partial charge is 0.351 e. The van der Waals surface area contributed by atoms with E-state index in [1.54, 1.807) is 42.5 Å². The van der Waals surface area contributed by atoms with Crippen LogP contribution in [0.15, 0.2) is 76.7 Å². The number of nitrogens with zero attached hydrogens (tertiary/aromatic N) is 2. The first-order valence-corrected chi connectivity index (χ1v) is 9.91. The van der Waals surface area contributed by atoms with E-state index in [1.165, 1.54) is 24.7 Å². The van der Waals surface area contributed by atoms with Crippen LogP contribution in [0.2, 0.25) is 0 Å². The lowest BCUT2D eigenvalue weighted by Gasteiger charge is -2.18. The molecule has 0 fully saturated rings. The molecule has 1 aromatic carbocycles. The fourth-order valence-corrected chi connectivity index (χ4v) is 3.68. The molecule has 0 radical (unpaired) electrons. The number of rotatable bonds is 6. The van der Waals surface area contributed by atoms with Crippen LogP contribution in [-0.2, 0) is 9.53 Å². The first-order valence-electron chi connectivity index (χ1n) is 9.03. The van der Waals surface area contributed by atoms with E-state index in [1.807, 2.05) is 23.6 Å². The maximum absolute atomic E-state index is 12.5. The molecule has 148 valence electrons. The van der Waals surface area contributed by atoms with Crippen molar-refractivity contribution < 1.29 is 18.7 Å². The van der Waals surface area contributed by atoms with E-state index in [4.69, 9.17) is 13.9 Å². The summed E-state index contributed by atoms with van der Waals surface area (Å²) in [7, 11) is 1.29. The third kappa shape index (κ3) is 3.81. The zero-order valence-corrected chi connectivity index (χ0v) is 16.8.